The first-order valence-corrected chi connectivity index (χ1v) is 9.50. The Bertz CT molecular complexity index is 723. The fraction of sp³-hybridized carbons (Fsp3) is 0.278. The summed E-state index contributed by atoms with van der Waals surface area (Å²) in [6.07, 6.45) is 0. The molecule has 0 radical (unpaired) electrons. The van der Waals surface area contributed by atoms with Gasteiger partial charge in [0.05, 0.1) is 25.2 Å². The summed E-state index contributed by atoms with van der Waals surface area (Å²) in [5.41, 5.74) is 1.49. The third-order valence-electron chi connectivity index (χ3n) is 3.30. The Morgan fingerprint density at radius 3 is 2.60 bits per heavy atom. The van der Waals surface area contributed by atoms with Gasteiger partial charge in [0.1, 0.15) is 11.5 Å². The first-order chi connectivity index (χ1) is 12.0. The zero-order valence-corrected chi connectivity index (χ0v) is 16.3. The summed E-state index contributed by atoms with van der Waals surface area (Å²) < 4.78 is 10.8. The van der Waals surface area contributed by atoms with Gasteiger partial charge in [0.2, 0.25) is 5.91 Å². The molecule has 2 rings (SSSR count). The number of halogens is 2. The molecule has 0 atom stereocenters. The molecule has 0 aliphatic rings. The maximum atomic E-state index is 12.1. The SMILES string of the molecule is COc1cc(Cl)c(C)cc1NC(=O)CSCCOc1ccc(Cl)cc1. The zero-order chi connectivity index (χ0) is 18.2. The Morgan fingerprint density at radius 2 is 1.92 bits per heavy atom. The smallest absolute Gasteiger partial charge is 0.234 e. The average Bonchev–Trinajstić information content (AvgIpc) is 2.59. The van der Waals surface area contributed by atoms with Gasteiger partial charge in [-0.2, -0.15) is 0 Å². The van der Waals surface area contributed by atoms with Crippen molar-refractivity contribution in [3.8, 4) is 11.5 Å². The Hall–Kier alpha value is -1.56. The number of aryl methyl sites for hydroxylation is 1. The lowest BCUT2D eigenvalue weighted by molar-refractivity contribution is -0.113. The van der Waals surface area contributed by atoms with Gasteiger partial charge in [0, 0.05) is 21.9 Å². The molecular formula is C18H19Cl2NO3S. The van der Waals surface area contributed by atoms with Crippen LogP contribution in [-0.4, -0.2) is 31.1 Å². The highest BCUT2D eigenvalue weighted by atomic mass is 35.5. The van der Waals surface area contributed by atoms with Crippen molar-refractivity contribution in [1.29, 1.82) is 0 Å². The van der Waals surface area contributed by atoms with Crippen LogP contribution < -0.4 is 14.8 Å². The van der Waals surface area contributed by atoms with E-state index in [1.807, 2.05) is 19.1 Å². The molecule has 1 N–H and O–H groups in total. The highest BCUT2D eigenvalue weighted by Crippen LogP contribution is 2.31. The number of carbonyl (C=O) groups excluding carboxylic acids is 1. The van der Waals surface area contributed by atoms with Crippen LogP contribution in [-0.2, 0) is 4.79 Å². The van der Waals surface area contributed by atoms with Crippen LogP contribution in [0, 0.1) is 6.92 Å². The number of ether oxygens (including phenoxy) is 2. The monoisotopic (exact) mass is 399 g/mol. The van der Waals surface area contributed by atoms with Crippen molar-refractivity contribution in [2.45, 2.75) is 6.92 Å². The summed E-state index contributed by atoms with van der Waals surface area (Å²) in [4.78, 5) is 12.1. The van der Waals surface area contributed by atoms with E-state index in [1.165, 1.54) is 11.8 Å². The quantitative estimate of drug-likeness (QED) is 0.630. The number of amides is 1. The van der Waals surface area contributed by atoms with E-state index in [2.05, 4.69) is 5.32 Å². The molecule has 134 valence electrons. The predicted molar refractivity (Wildman–Crippen MR) is 106 cm³/mol. The van der Waals surface area contributed by atoms with Gasteiger partial charge < -0.3 is 14.8 Å². The van der Waals surface area contributed by atoms with E-state index in [0.29, 0.717) is 39.6 Å². The molecule has 0 spiro atoms. The Balaban J connectivity index is 1.74. The van der Waals surface area contributed by atoms with Gasteiger partial charge in [-0.1, -0.05) is 23.2 Å². The van der Waals surface area contributed by atoms with E-state index in [4.69, 9.17) is 32.7 Å². The van der Waals surface area contributed by atoms with E-state index >= 15 is 0 Å². The van der Waals surface area contributed by atoms with Crippen LogP contribution in [0.15, 0.2) is 36.4 Å². The van der Waals surface area contributed by atoms with Gasteiger partial charge in [-0.15, -0.1) is 11.8 Å². The molecule has 0 aliphatic carbocycles. The summed E-state index contributed by atoms with van der Waals surface area (Å²) in [5, 5.41) is 4.12. The molecule has 0 heterocycles. The van der Waals surface area contributed by atoms with E-state index < -0.39 is 0 Å². The number of hydrogen-bond donors (Lipinski definition) is 1. The number of benzene rings is 2. The molecule has 0 saturated heterocycles. The summed E-state index contributed by atoms with van der Waals surface area (Å²) >= 11 is 13.4. The van der Waals surface area contributed by atoms with Gasteiger partial charge in [0.25, 0.3) is 0 Å². The Kier molecular flexibility index (Phi) is 7.75. The molecule has 0 saturated carbocycles. The first-order valence-electron chi connectivity index (χ1n) is 7.59. The fourth-order valence-electron chi connectivity index (χ4n) is 2.03. The van der Waals surface area contributed by atoms with E-state index in [1.54, 1.807) is 31.4 Å². The molecule has 4 nitrogen and oxygen atoms in total. The van der Waals surface area contributed by atoms with E-state index in [9.17, 15) is 4.79 Å². The number of methoxy groups -OCH3 is 1. The predicted octanol–water partition coefficient (Wildman–Crippen LogP) is 5.06. The van der Waals surface area contributed by atoms with Gasteiger partial charge in [-0.3, -0.25) is 4.79 Å². The third-order valence-corrected chi connectivity index (χ3v) is 4.88. The fourth-order valence-corrected chi connectivity index (χ4v) is 2.91. The summed E-state index contributed by atoms with van der Waals surface area (Å²) in [6.45, 7) is 2.39. The maximum absolute atomic E-state index is 12.1. The summed E-state index contributed by atoms with van der Waals surface area (Å²) in [6, 6.07) is 10.7. The Morgan fingerprint density at radius 1 is 1.20 bits per heavy atom. The molecular weight excluding hydrogens is 381 g/mol. The minimum absolute atomic E-state index is 0.100. The molecule has 25 heavy (non-hydrogen) atoms. The number of hydrogen-bond acceptors (Lipinski definition) is 4. The first kappa shape index (κ1) is 19.8. The molecule has 0 aromatic heterocycles. The normalized spacial score (nSPS) is 10.4. The van der Waals surface area contributed by atoms with Crippen LogP contribution in [0.3, 0.4) is 0 Å². The molecule has 0 bridgehead atoms. The van der Waals surface area contributed by atoms with Crippen LogP contribution >= 0.6 is 35.0 Å². The lowest BCUT2D eigenvalue weighted by Gasteiger charge is -2.12. The van der Waals surface area contributed by atoms with E-state index in [-0.39, 0.29) is 5.91 Å². The highest BCUT2D eigenvalue weighted by molar-refractivity contribution is 7.99. The topological polar surface area (TPSA) is 47.6 Å². The molecule has 0 fully saturated rings. The van der Waals surface area contributed by atoms with Crippen LogP contribution in [0.25, 0.3) is 0 Å². The van der Waals surface area contributed by atoms with Crippen LogP contribution in [0.4, 0.5) is 5.69 Å². The minimum Gasteiger partial charge on any atom is -0.495 e. The molecule has 2 aromatic rings. The van der Waals surface area contributed by atoms with Crippen molar-refractivity contribution in [2.75, 3.05) is 30.5 Å². The molecule has 0 aliphatic heterocycles. The van der Waals surface area contributed by atoms with Crippen molar-refractivity contribution < 1.29 is 14.3 Å². The van der Waals surface area contributed by atoms with Crippen molar-refractivity contribution in [2.24, 2.45) is 0 Å². The second-order valence-corrected chi connectivity index (χ2v) is 7.15. The standard InChI is InChI=1S/C18H19Cl2NO3S/c1-12-9-16(17(23-2)10-15(12)20)21-18(22)11-25-8-7-24-14-5-3-13(19)4-6-14/h3-6,9-10H,7-8,11H2,1-2H3,(H,21,22). The highest BCUT2D eigenvalue weighted by Gasteiger charge is 2.10. The van der Waals surface area contributed by atoms with E-state index in [0.717, 1.165) is 11.3 Å². The number of nitrogens with one attached hydrogen (secondary N) is 1. The molecule has 1 amide bonds. The Labute approximate surface area is 161 Å². The second kappa shape index (κ2) is 9.80. The lowest BCUT2D eigenvalue weighted by atomic mass is 10.2. The van der Waals surface area contributed by atoms with Crippen molar-refractivity contribution in [3.05, 3.63) is 52.0 Å². The zero-order valence-electron chi connectivity index (χ0n) is 14.0. The number of anilines is 1. The van der Waals surface area contributed by atoms with Gasteiger partial charge in [0.15, 0.2) is 0 Å². The third kappa shape index (κ3) is 6.34. The number of thioether (sulfide) groups is 1. The van der Waals surface area contributed by atoms with Crippen molar-refractivity contribution in [3.63, 3.8) is 0 Å². The maximum Gasteiger partial charge on any atom is 0.234 e. The molecule has 0 unspecified atom stereocenters. The largest absolute Gasteiger partial charge is 0.495 e. The summed E-state index contributed by atoms with van der Waals surface area (Å²) in [5.74, 6) is 2.23. The minimum atomic E-state index is -0.100. The summed E-state index contributed by atoms with van der Waals surface area (Å²) in [7, 11) is 1.54. The molecule has 2 aromatic carbocycles. The van der Waals surface area contributed by atoms with Gasteiger partial charge >= 0.3 is 0 Å². The average molecular weight is 400 g/mol. The number of carbonyl (C=O) groups is 1. The molecule has 7 heteroatoms. The van der Waals surface area contributed by atoms with Crippen LogP contribution in [0.2, 0.25) is 10.0 Å². The van der Waals surface area contributed by atoms with Gasteiger partial charge in [-0.25, -0.2) is 0 Å². The van der Waals surface area contributed by atoms with Crippen molar-refractivity contribution in [1.82, 2.24) is 0 Å². The van der Waals surface area contributed by atoms with Crippen LogP contribution in [0.5, 0.6) is 11.5 Å². The second-order valence-electron chi connectivity index (χ2n) is 5.20. The van der Waals surface area contributed by atoms with Crippen LogP contribution in [0.1, 0.15) is 5.56 Å². The number of rotatable bonds is 8. The lowest BCUT2D eigenvalue weighted by Crippen LogP contribution is -2.16. The van der Waals surface area contributed by atoms with Crippen molar-refractivity contribution >= 4 is 46.6 Å². The van der Waals surface area contributed by atoms with Gasteiger partial charge in [-0.05, 0) is 42.8 Å².